The van der Waals surface area contributed by atoms with Gasteiger partial charge in [-0.3, -0.25) is 4.79 Å². The van der Waals surface area contributed by atoms with Gasteiger partial charge in [0.1, 0.15) is 5.01 Å². The van der Waals surface area contributed by atoms with E-state index in [0.29, 0.717) is 23.8 Å². The number of rotatable bonds is 4. The van der Waals surface area contributed by atoms with Gasteiger partial charge in [0.25, 0.3) is 5.91 Å². The third-order valence-corrected chi connectivity index (χ3v) is 5.27. The van der Waals surface area contributed by atoms with Crippen molar-refractivity contribution >= 4 is 17.2 Å². The smallest absolute Gasteiger partial charge is 0.289 e. The summed E-state index contributed by atoms with van der Waals surface area (Å²) in [6, 6.07) is -0.113. The molecule has 1 amide bonds. The van der Waals surface area contributed by atoms with Crippen molar-refractivity contribution in [1.29, 1.82) is 0 Å². The Bertz CT molecular complexity index is 666. The highest BCUT2D eigenvalue weighted by molar-refractivity contribution is 7.11. The second-order valence-electron chi connectivity index (χ2n) is 5.70. The molecule has 0 spiro atoms. The Kier molecular flexibility index (Phi) is 4.29. The monoisotopic (exact) mass is 319 g/mol. The fourth-order valence-corrected chi connectivity index (χ4v) is 3.85. The molecule has 1 N–H and O–H groups in total. The number of aromatic nitrogens is 2. The topological polar surface area (TPSA) is 68.0 Å². The van der Waals surface area contributed by atoms with Gasteiger partial charge in [-0.1, -0.05) is 6.92 Å². The van der Waals surface area contributed by atoms with Crippen LogP contribution in [0.1, 0.15) is 70.4 Å². The van der Waals surface area contributed by atoms with Crippen LogP contribution in [0.25, 0.3) is 0 Å². The molecule has 2 heterocycles. The molecule has 1 atom stereocenters. The maximum Gasteiger partial charge on any atom is 0.289 e. The van der Waals surface area contributed by atoms with Gasteiger partial charge in [0, 0.05) is 11.3 Å². The molecule has 1 aliphatic rings. The number of nitrogens with one attached hydrogen (secondary N) is 1. The van der Waals surface area contributed by atoms with E-state index in [-0.39, 0.29) is 11.9 Å². The lowest BCUT2D eigenvalue weighted by Gasteiger charge is -2.09. The molecule has 2 aromatic rings. The standard InChI is InChI=1S/C16H21N3O2S/c1-4-13-17-9(2)14(21-13)15(20)18-10(3)16-19-11-7-5-6-8-12(11)22-16/h10H,4-8H2,1-3H3,(H,18,20)/t10-/m0/s1. The van der Waals surface area contributed by atoms with Crippen molar-refractivity contribution < 1.29 is 9.21 Å². The zero-order valence-electron chi connectivity index (χ0n) is 13.2. The predicted molar refractivity (Wildman–Crippen MR) is 85.3 cm³/mol. The number of hydrogen-bond acceptors (Lipinski definition) is 5. The van der Waals surface area contributed by atoms with Crippen LogP contribution in [-0.4, -0.2) is 15.9 Å². The van der Waals surface area contributed by atoms with Crippen molar-refractivity contribution in [2.24, 2.45) is 0 Å². The summed E-state index contributed by atoms with van der Waals surface area (Å²) in [6.07, 6.45) is 5.32. The van der Waals surface area contributed by atoms with Crippen LogP contribution < -0.4 is 5.32 Å². The van der Waals surface area contributed by atoms with Crippen molar-refractivity contribution in [3.8, 4) is 0 Å². The van der Waals surface area contributed by atoms with Crippen molar-refractivity contribution in [1.82, 2.24) is 15.3 Å². The summed E-state index contributed by atoms with van der Waals surface area (Å²) in [4.78, 5) is 22.7. The minimum Gasteiger partial charge on any atom is -0.435 e. The van der Waals surface area contributed by atoms with E-state index in [9.17, 15) is 4.79 Å². The quantitative estimate of drug-likeness (QED) is 0.938. The molecule has 0 aliphatic heterocycles. The molecular formula is C16H21N3O2S. The highest BCUT2D eigenvalue weighted by atomic mass is 32.1. The number of carbonyl (C=O) groups excluding carboxylic acids is 1. The van der Waals surface area contributed by atoms with Gasteiger partial charge in [-0.2, -0.15) is 0 Å². The molecule has 0 aromatic carbocycles. The first-order valence-electron chi connectivity index (χ1n) is 7.84. The van der Waals surface area contributed by atoms with Crippen LogP contribution in [0.5, 0.6) is 0 Å². The minimum atomic E-state index is -0.217. The number of thiazole rings is 1. The zero-order valence-corrected chi connectivity index (χ0v) is 14.0. The maximum atomic E-state index is 12.4. The molecule has 6 heteroatoms. The summed E-state index contributed by atoms with van der Waals surface area (Å²) in [5, 5.41) is 3.95. The van der Waals surface area contributed by atoms with Crippen molar-refractivity contribution in [3.63, 3.8) is 0 Å². The lowest BCUT2D eigenvalue weighted by molar-refractivity contribution is 0.0909. The lowest BCUT2D eigenvalue weighted by Crippen LogP contribution is -2.26. The van der Waals surface area contributed by atoms with Gasteiger partial charge in [-0.25, -0.2) is 9.97 Å². The van der Waals surface area contributed by atoms with Crippen LogP contribution in [0.2, 0.25) is 0 Å². The van der Waals surface area contributed by atoms with E-state index in [1.54, 1.807) is 18.3 Å². The Balaban J connectivity index is 1.73. The van der Waals surface area contributed by atoms with E-state index in [4.69, 9.17) is 9.40 Å². The summed E-state index contributed by atoms with van der Waals surface area (Å²) in [5.41, 5.74) is 1.86. The van der Waals surface area contributed by atoms with Crippen LogP contribution in [0.3, 0.4) is 0 Å². The van der Waals surface area contributed by atoms with E-state index < -0.39 is 0 Å². The number of fused-ring (bicyclic) bond motifs is 1. The zero-order chi connectivity index (χ0) is 15.7. The van der Waals surface area contributed by atoms with Gasteiger partial charge in [-0.05, 0) is 39.5 Å². The molecule has 3 rings (SSSR count). The van der Waals surface area contributed by atoms with Crippen LogP contribution in [-0.2, 0) is 19.3 Å². The maximum absolute atomic E-state index is 12.4. The van der Waals surface area contributed by atoms with Crippen LogP contribution >= 0.6 is 11.3 Å². The first-order chi connectivity index (χ1) is 10.6. The first-order valence-corrected chi connectivity index (χ1v) is 8.65. The molecule has 1 aliphatic carbocycles. The average Bonchev–Trinajstić information content (AvgIpc) is 3.10. The van der Waals surface area contributed by atoms with Crippen LogP contribution in [0, 0.1) is 6.92 Å². The average molecular weight is 319 g/mol. The van der Waals surface area contributed by atoms with Gasteiger partial charge in [0.15, 0.2) is 5.89 Å². The van der Waals surface area contributed by atoms with Crippen molar-refractivity contribution in [2.45, 2.75) is 58.9 Å². The largest absolute Gasteiger partial charge is 0.435 e. The van der Waals surface area contributed by atoms with Gasteiger partial charge >= 0.3 is 0 Å². The number of hydrogen-bond donors (Lipinski definition) is 1. The van der Waals surface area contributed by atoms with Gasteiger partial charge in [0.2, 0.25) is 5.76 Å². The van der Waals surface area contributed by atoms with E-state index in [2.05, 4.69) is 10.3 Å². The molecule has 0 unspecified atom stereocenters. The number of nitrogens with zero attached hydrogens (tertiary/aromatic N) is 2. The fraction of sp³-hybridized carbons (Fsp3) is 0.562. The molecule has 0 fully saturated rings. The Morgan fingerprint density at radius 3 is 2.82 bits per heavy atom. The van der Waals surface area contributed by atoms with E-state index in [1.165, 1.54) is 23.4 Å². The molecule has 22 heavy (non-hydrogen) atoms. The highest BCUT2D eigenvalue weighted by Crippen LogP contribution is 2.29. The molecule has 0 bridgehead atoms. The predicted octanol–water partition coefficient (Wildman–Crippen LogP) is 3.37. The third kappa shape index (κ3) is 2.92. The number of aryl methyl sites for hydroxylation is 4. The molecule has 0 saturated heterocycles. The summed E-state index contributed by atoms with van der Waals surface area (Å²) >= 11 is 1.72. The summed E-state index contributed by atoms with van der Waals surface area (Å²) < 4.78 is 5.50. The summed E-state index contributed by atoms with van der Waals surface area (Å²) in [7, 11) is 0. The number of amides is 1. The number of oxazole rings is 1. The number of carbonyl (C=O) groups is 1. The second kappa shape index (κ2) is 6.20. The molecule has 2 aromatic heterocycles. The van der Waals surface area contributed by atoms with Crippen LogP contribution in [0.15, 0.2) is 4.42 Å². The lowest BCUT2D eigenvalue weighted by atomic mass is 10.0. The van der Waals surface area contributed by atoms with Gasteiger partial charge in [-0.15, -0.1) is 11.3 Å². The SMILES string of the molecule is CCc1nc(C)c(C(=O)N[C@@H](C)c2nc3c(s2)CCCC3)o1. The van der Waals surface area contributed by atoms with E-state index >= 15 is 0 Å². The Hall–Kier alpha value is -1.69. The Labute approximate surface area is 134 Å². The molecule has 5 nitrogen and oxygen atoms in total. The Morgan fingerprint density at radius 2 is 2.14 bits per heavy atom. The normalized spacial score (nSPS) is 15.4. The van der Waals surface area contributed by atoms with E-state index in [1.807, 2.05) is 13.8 Å². The van der Waals surface area contributed by atoms with Gasteiger partial charge in [0.05, 0.1) is 17.4 Å². The highest BCUT2D eigenvalue weighted by Gasteiger charge is 2.22. The minimum absolute atomic E-state index is 0.113. The van der Waals surface area contributed by atoms with E-state index in [0.717, 1.165) is 17.8 Å². The first kappa shape index (κ1) is 15.2. The molecule has 0 radical (unpaired) electrons. The molecular weight excluding hydrogens is 298 g/mol. The van der Waals surface area contributed by atoms with Crippen LogP contribution in [0.4, 0.5) is 0 Å². The second-order valence-corrected chi connectivity index (χ2v) is 6.82. The summed E-state index contributed by atoms with van der Waals surface area (Å²) in [5.74, 6) is 0.690. The third-order valence-electron chi connectivity index (χ3n) is 3.93. The van der Waals surface area contributed by atoms with Gasteiger partial charge < -0.3 is 9.73 Å². The van der Waals surface area contributed by atoms with Crippen molar-refractivity contribution in [2.75, 3.05) is 0 Å². The molecule has 118 valence electrons. The van der Waals surface area contributed by atoms with Crippen molar-refractivity contribution in [3.05, 3.63) is 32.9 Å². The fourth-order valence-electron chi connectivity index (χ4n) is 2.70. The summed E-state index contributed by atoms with van der Waals surface area (Å²) in [6.45, 7) is 5.72. The molecule has 0 saturated carbocycles. The Morgan fingerprint density at radius 1 is 1.36 bits per heavy atom.